The number of carboxylic acid groups (broad SMARTS) is 1. The molecule has 0 radical (unpaired) electrons. The molecule has 3 nitrogen and oxygen atoms in total. The van der Waals surface area contributed by atoms with Crippen LogP contribution in [0.15, 0.2) is 12.1 Å². The number of carboxylic acids is 1. The fraction of sp³-hybridized carbons (Fsp3) is 0.588. The van der Waals surface area contributed by atoms with E-state index in [2.05, 4.69) is 19.9 Å². The molecule has 0 bridgehead atoms. The average molecular weight is 276 g/mol. The van der Waals surface area contributed by atoms with Crippen LogP contribution in [0.4, 0.5) is 0 Å². The Kier molecular flexibility index (Phi) is 4.07. The molecule has 110 valence electrons. The van der Waals surface area contributed by atoms with Gasteiger partial charge in [0.25, 0.3) is 0 Å². The lowest BCUT2D eigenvalue weighted by molar-refractivity contribution is -0.143. The van der Waals surface area contributed by atoms with Gasteiger partial charge in [0.1, 0.15) is 5.75 Å². The predicted molar refractivity (Wildman–Crippen MR) is 79.6 cm³/mol. The van der Waals surface area contributed by atoms with Crippen molar-refractivity contribution in [3.05, 3.63) is 28.8 Å². The molecule has 1 aliphatic carbocycles. The number of hydrogen-bond acceptors (Lipinski definition) is 2. The number of aliphatic carboxylic acids is 1. The van der Waals surface area contributed by atoms with Crippen LogP contribution in [-0.2, 0) is 10.2 Å². The minimum Gasteiger partial charge on any atom is -0.496 e. The van der Waals surface area contributed by atoms with Gasteiger partial charge in [0.15, 0.2) is 0 Å². The summed E-state index contributed by atoms with van der Waals surface area (Å²) in [6, 6.07) is 4.06. The van der Waals surface area contributed by atoms with E-state index in [0.717, 1.165) is 48.1 Å². The van der Waals surface area contributed by atoms with Gasteiger partial charge < -0.3 is 9.84 Å². The van der Waals surface area contributed by atoms with Crippen LogP contribution in [0.3, 0.4) is 0 Å². The minimum atomic E-state index is -0.694. The second-order valence-electron chi connectivity index (χ2n) is 6.16. The summed E-state index contributed by atoms with van der Waals surface area (Å²) in [5.74, 6) is 0.521. The van der Waals surface area contributed by atoms with Crippen LogP contribution < -0.4 is 4.74 Å². The third kappa shape index (κ3) is 2.30. The Morgan fingerprint density at radius 2 is 1.90 bits per heavy atom. The van der Waals surface area contributed by atoms with Gasteiger partial charge in [-0.2, -0.15) is 0 Å². The van der Waals surface area contributed by atoms with Crippen molar-refractivity contribution in [3.63, 3.8) is 0 Å². The average Bonchev–Trinajstić information content (AvgIpc) is 2.88. The van der Waals surface area contributed by atoms with E-state index in [1.165, 1.54) is 0 Å². The van der Waals surface area contributed by atoms with E-state index in [0.29, 0.717) is 5.92 Å². The van der Waals surface area contributed by atoms with Gasteiger partial charge in [0, 0.05) is 0 Å². The van der Waals surface area contributed by atoms with Crippen molar-refractivity contribution in [2.45, 2.75) is 57.8 Å². The molecule has 0 amide bonds. The van der Waals surface area contributed by atoms with Gasteiger partial charge >= 0.3 is 5.97 Å². The van der Waals surface area contributed by atoms with E-state index in [9.17, 15) is 9.90 Å². The Labute approximate surface area is 121 Å². The van der Waals surface area contributed by atoms with Gasteiger partial charge in [0.2, 0.25) is 0 Å². The zero-order valence-electron chi connectivity index (χ0n) is 12.8. The van der Waals surface area contributed by atoms with Crippen molar-refractivity contribution in [3.8, 4) is 5.75 Å². The lowest BCUT2D eigenvalue weighted by Crippen LogP contribution is -2.32. The van der Waals surface area contributed by atoms with Crippen molar-refractivity contribution >= 4 is 5.97 Å². The molecule has 2 rings (SSSR count). The first-order valence-corrected chi connectivity index (χ1v) is 7.35. The molecule has 1 fully saturated rings. The Bertz CT molecular complexity index is 511. The van der Waals surface area contributed by atoms with E-state index < -0.39 is 11.4 Å². The summed E-state index contributed by atoms with van der Waals surface area (Å²) >= 11 is 0. The Balaban J connectivity index is 2.60. The largest absolute Gasteiger partial charge is 0.496 e. The monoisotopic (exact) mass is 276 g/mol. The Morgan fingerprint density at radius 1 is 1.30 bits per heavy atom. The zero-order chi connectivity index (χ0) is 14.9. The number of aryl methyl sites for hydroxylation is 1. The highest BCUT2D eigenvalue weighted by atomic mass is 16.5. The molecule has 0 unspecified atom stereocenters. The SMILES string of the molecule is COc1c(C)cc(C2(C(=O)O)CCCC2)cc1C(C)C. The Morgan fingerprint density at radius 3 is 2.35 bits per heavy atom. The maximum Gasteiger partial charge on any atom is 0.314 e. The molecule has 1 saturated carbocycles. The van der Waals surface area contributed by atoms with Gasteiger partial charge in [-0.05, 0) is 42.4 Å². The highest BCUT2D eigenvalue weighted by Crippen LogP contribution is 2.44. The summed E-state index contributed by atoms with van der Waals surface area (Å²) < 4.78 is 5.50. The summed E-state index contributed by atoms with van der Waals surface area (Å²) in [4.78, 5) is 11.8. The second-order valence-corrected chi connectivity index (χ2v) is 6.16. The smallest absolute Gasteiger partial charge is 0.314 e. The molecule has 0 aromatic heterocycles. The van der Waals surface area contributed by atoms with Crippen LogP contribution in [0.2, 0.25) is 0 Å². The standard InChI is InChI=1S/C17H24O3/c1-11(2)14-10-13(9-12(3)15(14)20-4)17(16(18)19)7-5-6-8-17/h9-11H,5-8H2,1-4H3,(H,18,19). The molecule has 0 heterocycles. The lowest BCUT2D eigenvalue weighted by Gasteiger charge is -2.27. The summed E-state index contributed by atoms with van der Waals surface area (Å²) in [5.41, 5.74) is 2.39. The van der Waals surface area contributed by atoms with Gasteiger partial charge in [0.05, 0.1) is 12.5 Å². The molecule has 1 aliphatic rings. The van der Waals surface area contributed by atoms with Crippen molar-refractivity contribution < 1.29 is 14.6 Å². The summed E-state index contributed by atoms with van der Waals surface area (Å²) in [6.07, 6.45) is 3.47. The fourth-order valence-corrected chi connectivity index (χ4v) is 3.39. The molecule has 1 aromatic rings. The van der Waals surface area contributed by atoms with Crippen molar-refractivity contribution in [2.75, 3.05) is 7.11 Å². The summed E-state index contributed by atoms with van der Waals surface area (Å²) in [5, 5.41) is 9.73. The van der Waals surface area contributed by atoms with Gasteiger partial charge in [-0.25, -0.2) is 0 Å². The number of carbonyl (C=O) groups is 1. The topological polar surface area (TPSA) is 46.5 Å². The van der Waals surface area contributed by atoms with Crippen LogP contribution in [0.25, 0.3) is 0 Å². The number of rotatable bonds is 4. The van der Waals surface area contributed by atoms with E-state index in [4.69, 9.17) is 4.74 Å². The van der Waals surface area contributed by atoms with Crippen molar-refractivity contribution in [1.82, 2.24) is 0 Å². The number of methoxy groups -OCH3 is 1. The molecular formula is C17H24O3. The number of benzene rings is 1. The first-order chi connectivity index (χ1) is 9.42. The van der Waals surface area contributed by atoms with E-state index in [1.807, 2.05) is 13.0 Å². The molecule has 1 N–H and O–H groups in total. The normalized spacial score (nSPS) is 17.4. The van der Waals surface area contributed by atoms with Gasteiger partial charge in [-0.15, -0.1) is 0 Å². The highest BCUT2D eigenvalue weighted by Gasteiger charge is 2.43. The molecule has 1 aromatic carbocycles. The Hall–Kier alpha value is -1.51. The molecule has 20 heavy (non-hydrogen) atoms. The first kappa shape index (κ1) is 14.9. The number of ether oxygens (including phenoxy) is 1. The maximum absolute atomic E-state index is 11.8. The summed E-state index contributed by atoms with van der Waals surface area (Å²) in [7, 11) is 1.68. The molecule has 3 heteroatoms. The highest BCUT2D eigenvalue weighted by molar-refractivity contribution is 5.82. The predicted octanol–water partition coefficient (Wildman–Crippen LogP) is 4.02. The molecule has 0 aliphatic heterocycles. The summed E-state index contributed by atoms with van der Waals surface area (Å²) in [6.45, 7) is 6.23. The van der Waals surface area contributed by atoms with Gasteiger partial charge in [-0.1, -0.05) is 38.8 Å². The number of hydrogen-bond donors (Lipinski definition) is 1. The molecular weight excluding hydrogens is 252 g/mol. The van der Waals surface area contributed by atoms with Crippen LogP contribution in [0, 0.1) is 6.92 Å². The second kappa shape index (κ2) is 5.47. The van der Waals surface area contributed by atoms with Crippen LogP contribution in [0.5, 0.6) is 5.75 Å². The molecule has 0 spiro atoms. The van der Waals surface area contributed by atoms with E-state index in [-0.39, 0.29) is 0 Å². The van der Waals surface area contributed by atoms with Crippen LogP contribution in [0.1, 0.15) is 62.1 Å². The first-order valence-electron chi connectivity index (χ1n) is 7.35. The fourth-order valence-electron chi connectivity index (χ4n) is 3.39. The quantitative estimate of drug-likeness (QED) is 0.903. The van der Waals surface area contributed by atoms with Crippen LogP contribution >= 0.6 is 0 Å². The van der Waals surface area contributed by atoms with E-state index in [1.54, 1.807) is 7.11 Å². The zero-order valence-corrected chi connectivity index (χ0v) is 12.8. The molecule has 0 saturated heterocycles. The van der Waals surface area contributed by atoms with E-state index >= 15 is 0 Å². The third-order valence-electron chi connectivity index (χ3n) is 4.55. The van der Waals surface area contributed by atoms with Crippen molar-refractivity contribution in [2.24, 2.45) is 0 Å². The van der Waals surface area contributed by atoms with Crippen molar-refractivity contribution in [1.29, 1.82) is 0 Å². The third-order valence-corrected chi connectivity index (χ3v) is 4.55. The molecule has 0 atom stereocenters. The van der Waals surface area contributed by atoms with Gasteiger partial charge in [-0.3, -0.25) is 4.79 Å². The lowest BCUT2D eigenvalue weighted by atomic mass is 9.77. The van der Waals surface area contributed by atoms with Crippen LogP contribution in [-0.4, -0.2) is 18.2 Å². The minimum absolute atomic E-state index is 0.316. The maximum atomic E-state index is 11.8.